The Morgan fingerprint density at radius 3 is 2.96 bits per heavy atom. The third kappa shape index (κ3) is 4.43. The van der Waals surface area contributed by atoms with Crippen LogP contribution in [0.1, 0.15) is 18.7 Å². The summed E-state index contributed by atoms with van der Waals surface area (Å²) in [6.07, 6.45) is -0.433. The zero-order valence-corrected chi connectivity index (χ0v) is 13.8. The quantitative estimate of drug-likeness (QED) is 0.637. The van der Waals surface area contributed by atoms with E-state index >= 15 is 0 Å². The molecule has 0 bridgehead atoms. The molecule has 2 heterocycles. The Morgan fingerprint density at radius 2 is 2.21 bits per heavy atom. The van der Waals surface area contributed by atoms with Crippen LogP contribution in [0.25, 0.3) is 11.1 Å². The number of likely N-dealkylation sites (tertiary alicyclic amines) is 1. The van der Waals surface area contributed by atoms with Crippen LogP contribution in [-0.2, 0) is 4.84 Å². The van der Waals surface area contributed by atoms with E-state index in [1.54, 1.807) is 12.1 Å². The number of oxazole rings is 1. The van der Waals surface area contributed by atoms with E-state index in [9.17, 15) is 9.50 Å². The van der Waals surface area contributed by atoms with Gasteiger partial charge in [-0.25, -0.2) is 9.37 Å². The van der Waals surface area contributed by atoms with Crippen LogP contribution >= 0.6 is 11.6 Å². The number of nitrogens with zero attached hydrogens (tertiary/aromatic N) is 3. The number of aliphatic hydroxyl groups is 1. The molecule has 8 heteroatoms. The molecule has 1 aliphatic heterocycles. The van der Waals surface area contributed by atoms with Gasteiger partial charge in [0.15, 0.2) is 5.58 Å². The maximum Gasteiger partial charge on any atom is 0.261 e. The molecule has 1 atom stereocenters. The Morgan fingerprint density at radius 1 is 1.46 bits per heavy atom. The fourth-order valence-electron chi connectivity index (χ4n) is 2.61. The van der Waals surface area contributed by atoms with Crippen LogP contribution in [0, 0.1) is 0 Å². The average molecular weight is 356 g/mol. The van der Waals surface area contributed by atoms with Crippen molar-refractivity contribution >= 4 is 27.9 Å². The van der Waals surface area contributed by atoms with Crippen LogP contribution in [0.15, 0.2) is 33.8 Å². The lowest BCUT2D eigenvalue weighted by Gasteiger charge is -2.29. The number of rotatable bonds is 6. The lowest BCUT2D eigenvalue weighted by molar-refractivity contribution is 0.0113. The maximum atomic E-state index is 13.1. The van der Waals surface area contributed by atoms with Gasteiger partial charge in [0.25, 0.3) is 5.89 Å². The van der Waals surface area contributed by atoms with Crippen molar-refractivity contribution in [3.05, 3.63) is 30.2 Å². The van der Waals surface area contributed by atoms with E-state index in [0.29, 0.717) is 43.6 Å². The summed E-state index contributed by atoms with van der Waals surface area (Å²) in [7, 11) is 0. The summed E-state index contributed by atoms with van der Waals surface area (Å²) in [6.45, 7) is 1.70. The number of benzene rings is 1. The molecule has 1 saturated heterocycles. The van der Waals surface area contributed by atoms with Gasteiger partial charge in [0.2, 0.25) is 5.17 Å². The molecule has 1 unspecified atom stereocenters. The topological polar surface area (TPSA) is 71.1 Å². The highest BCUT2D eigenvalue weighted by atomic mass is 35.5. The molecule has 1 N–H and O–H groups in total. The van der Waals surface area contributed by atoms with Crippen LogP contribution in [0.4, 0.5) is 4.39 Å². The molecule has 6 nitrogen and oxygen atoms in total. The van der Waals surface area contributed by atoms with E-state index in [2.05, 4.69) is 10.1 Å². The first-order valence-electron chi connectivity index (χ1n) is 7.87. The van der Waals surface area contributed by atoms with E-state index in [1.807, 2.05) is 17.0 Å². The fraction of sp³-hybridized carbons (Fsp3) is 0.500. The van der Waals surface area contributed by atoms with Crippen molar-refractivity contribution in [1.82, 2.24) is 9.88 Å². The highest BCUT2D eigenvalue weighted by Gasteiger charge is 2.20. The standard InChI is InChI=1S/C16H19ClFN3O3/c17-15(16-19-13-3-1-2-4-14(13)24-16)20-23-10-12(22)9-21-7-5-11(18)6-8-21/h1-4,11-12,22H,5-10H2/b20-15-. The SMILES string of the molecule is OC(CO/N=C(\Cl)c1nc2ccccc2o1)CN1CCC(F)CC1. The van der Waals surface area contributed by atoms with Gasteiger partial charge in [-0.1, -0.05) is 28.9 Å². The number of β-amino-alcohol motifs (C(OH)–C–C–N with tert-alkyl or cyclic N) is 1. The van der Waals surface area contributed by atoms with Crippen LogP contribution < -0.4 is 0 Å². The summed E-state index contributed by atoms with van der Waals surface area (Å²) in [5.41, 5.74) is 1.29. The van der Waals surface area contributed by atoms with Crippen LogP contribution in [0.3, 0.4) is 0 Å². The molecule has 24 heavy (non-hydrogen) atoms. The highest BCUT2D eigenvalue weighted by molar-refractivity contribution is 6.68. The fourth-order valence-corrected chi connectivity index (χ4v) is 2.74. The Kier molecular flexibility index (Phi) is 5.65. The minimum atomic E-state index is -0.727. The number of para-hydroxylation sites is 2. The first kappa shape index (κ1) is 17.1. The average Bonchev–Trinajstić information content (AvgIpc) is 3.01. The predicted octanol–water partition coefficient (Wildman–Crippen LogP) is 2.54. The van der Waals surface area contributed by atoms with E-state index in [-0.39, 0.29) is 17.7 Å². The van der Waals surface area contributed by atoms with Crippen molar-refractivity contribution in [1.29, 1.82) is 0 Å². The minimum absolute atomic E-state index is 0.00793. The second-order valence-corrected chi connectivity index (χ2v) is 6.15. The number of hydrogen-bond acceptors (Lipinski definition) is 6. The number of piperidine rings is 1. The Bertz CT molecular complexity index is 668. The summed E-state index contributed by atoms with van der Waals surface area (Å²) in [5, 5.41) is 13.7. The number of alkyl halides is 1. The number of halogens is 2. The zero-order valence-electron chi connectivity index (χ0n) is 13.1. The largest absolute Gasteiger partial charge is 0.434 e. The Labute approximate surface area is 143 Å². The molecule has 0 amide bonds. The van der Waals surface area contributed by atoms with Crippen LogP contribution in [0.5, 0.6) is 0 Å². The molecule has 2 aromatic rings. The van der Waals surface area contributed by atoms with E-state index in [4.69, 9.17) is 20.9 Å². The van der Waals surface area contributed by atoms with Crippen molar-refractivity contribution in [3.8, 4) is 0 Å². The third-order valence-electron chi connectivity index (χ3n) is 3.87. The molecular weight excluding hydrogens is 337 g/mol. The second-order valence-electron chi connectivity index (χ2n) is 5.79. The van der Waals surface area contributed by atoms with Crippen molar-refractivity contribution in [2.24, 2.45) is 5.16 Å². The highest BCUT2D eigenvalue weighted by Crippen LogP contribution is 2.17. The number of fused-ring (bicyclic) bond motifs is 1. The van der Waals surface area contributed by atoms with Crippen molar-refractivity contribution in [2.45, 2.75) is 25.1 Å². The molecule has 1 aromatic carbocycles. The predicted molar refractivity (Wildman–Crippen MR) is 88.9 cm³/mol. The molecule has 1 aliphatic rings. The molecule has 1 aromatic heterocycles. The number of oxime groups is 1. The van der Waals surface area contributed by atoms with Gasteiger partial charge in [0.1, 0.15) is 24.4 Å². The molecule has 0 aliphatic carbocycles. The van der Waals surface area contributed by atoms with Crippen LogP contribution in [-0.4, -0.2) is 58.7 Å². The summed E-state index contributed by atoms with van der Waals surface area (Å²) in [5.74, 6) is 0.164. The van der Waals surface area contributed by atoms with Gasteiger partial charge in [-0.05, 0) is 25.0 Å². The maximum absolute atomic E-state index is 13.1. The number of aliphatic hydroxyl groups excluding tert-OH is 1. The van der Waals surface area contributed by atoms with Gasteiger partial charge in [0, 0.05) is 19.6 Å². The Hall–Kier alpha value is -1.70. The number of hydrogen-bond donors (Lipinski definition) is 1. The van der Waals surface area contributed by atoms with Gasteiger partial charge in [-0.3, -0.25) is 0 Å². The van der Waals surface area contributed by atoms with Crippen LogP contribution in [0.2, 0.25) is 0 Å². The lowest BCUT2D eigenvalue weighted by atomic mass is 10.1. The molecule has 0 spiro atoms. The molecule has 130 valence electrons. The summed E-state index contributed by atoms with van der Waals surface area (Å²) in [6, 6.07) is 7.26. The van der Waals surface area contributed by atoms with Crippen molar-refractivity contribution in [3.63, 3.8) is 0 Å². The summed E-state index contributed by atoms with van der Waals surface area (Å²) < 4.78 is 18.5. The van der Waals surface area contributed by atoms with Gasteiger partial charge < -0.3 is 19.3 Å². The second kappa shape index (κ2) is 7.92. The molecule has 1 fully saturated rings. The van der Waals surface area contributed by atoms with Gasteiger partial charge in [-0.2, -0.15) is 0 Å². The first-order valence-corrected chi connectivity index (χ1v) is 8.25. The molecule has 0 radical (unpaired) electrons. The molecule has 0 saturated carbocycles. The van der Waals surface area contributed by atoms with Gasteiger partial charge >= 0.3 is 0 Å². The van der Waals surface area contributed by atoms with Crippen molar-refractivity contribution in [2.75, 3.05) is 26.2 Å². The van der Waals surface area contributed by atoms with Gasteiger partial charge in [-0.15, -0.1) is 0 Å². The first-order chi connectivity index (χ1) is 11.6. The Balaban J connectivity index is 1.48. The minimum Gasteiger partial charge on any atom is -0.434 e. The van der Waals surface area contributed by atoms with Gasteiger partial charge in [0.05, 0.1) is 0 Å². The molecule has 3 rings (SSSR count). The monoisotopic (exact) mass is 355 g/mol. The van der Waals surface area contributed by atoms with E-state index in [0.717, 1.165) is 0 Å². The van der Waals surface area contributed by atoms with Crippen molar-refractivity contribution < 1.29 is 18.8 Å². The smallest absolute Gasteiger partial charge is 0.261 e. The lowest BCUT2D eigenvalue weighted by Crippen LogP contribution is -2.40. The third-order valence-corrected chi connectivity index (χ3v) is 4.10. The molecular formula is C16H19ClFN3O3. The zero-order chi connectivity index (χ0) is 16.9. The number of aromatic nitrogens is 1. The van der Waals surface area contributed by atoms with E-state index < -0.39 is 12.3 Å². The summed E-state index contributed by atoms with van der Waals surface area (Å²) in [4.78, 5) is 11.3. The summed E-state index contributed by atoms with van der Waals surface area (Å²) >= 11 is 6.00. The normalized spacial score (nSPS) is 18.9. The van der Waals surface area contributed by atoms with E-state index in [1.165, 1.54) is 0 Å².